The number of nitrogens with zero attached hydrogens (tertiary/aromatic N) is 2. The van der Waals surface area contributed by atoms with Crippen molar-refractivity contribution in [1.82, 2.24) is 9.78 Å². The molecule has 134 valence electrons. The van der Waals surface area contributed by atoms with Crippen LogP contribution in [-0.4, -0.2) is 34.7 Å². The minimum atomic E-state index is -2.86. The van der Waals surface area contributed by atoms with Gasteiger partial charge in [0.05, 0.1) is 17.7 Å². The summed E-state index contributed by atoms with van der Waals surface area (Å²) in [4.78, 5) is 0. The molecule has 5 nitrogen and oxygen atoms in total. The second kappa shape index (κ2) is 6.42. The Morgan fingerprint density at radius 1 is 1.16 bits per heavy atom. The summed E-state index contributed by atoms with van der Waals surface area (Å²) in [5, 5.41) is 4.29. The van der Waals surface area contributed by atoms with E-state index in [1.807, 2.05) is 27.7 Å². The van der Waals surface area contributed by atoms with Gasteiger partial charge in [-0.2, -0.15) is 13.9 Å². The third-order valence-electron chi connectivity index (χ3n) is 4.70. The van der Waals surface area contributed by atoms with Gasteiger partial charge in [-0.1, -0.05) is 18.2 Å². The van der Waals surface area contributed by atoms with Gasteiger partial charge < -0.3 is 14.0 Å². The normalized spacial score (nSPS) is 18.8. The molecule has 2 aromatic rings. The Balaban J connectivity index is 1.76. The number of ether oxygens (including phenoxy) is 1. The lowest BCUT2D eigenvalue weighted by atomic mass is 9.82. The van der Waals surface area contributed by atoms with Crippen LogP contribution < -0.4 is 10.2 Å². The maximum absolute atomic E-state index is 12.5. The molecule has 0 unspecified atom stereocenters. The van der Waals surface area contributed by atoms with E-state index in [9.17, 15) is 8.78 Å². The van der Waals surface area contributed by atoms with Crippen molar-refractivity contribution in [2.45, 2.75) is 52.1 Å². The summed E-state index contributed by atoms with van der Waals surface area (Å²) >= 11 is 0. The van der Waals surface area contributed by atoms with Crippen molar-refractivity contribution in [2.24, 2.45) is 0 Å². The van der Waals surface area contributed by atoms with E-state index in [-0.39, 0.29) is 5.75 Å². The van der Waals surface area contributed by atoms with Crippen LogP contribution in [0.4, 0.5) is 8.78 Å². The van der Waals surface area contributed by atoms with Gasteiger partial charge in [0, 0.05) is 23.4 Å². The van der Waals surface area contributed by atoms with Crippen LogP contribution >= 0.6 is 0 Å². The van der Waals surface area contributed by atoms with Crippen molar-refractivity contribution in [1.29, 1.82) is 0 Å². The fraction of sp³-hybridized carbons (Fsp3) is 0.471. The number of para-hydroxylation sites is 1. The Morgan fingerprint density at radius 2 is 1.80 bits per heavy atom. The van der Waals surface area contributed by atoms with Gasteiger partial charge in [0.15, 0.2) is 0 Å². The molecule has 1 aromatic carbocycles. The van der Waals surface area contributed by atoms with Crippen LogP contribution in [0.2, 0.25) is 0 Å². The number of aromatic nitrogens is 2. The largest absolute Gasteiger partial charge is 0.498 e. The van der Waals surface area contributed by atoms with Crippen molar-refractivity contribution in [2.75, 3.05) is 0 Å². The predicted molar refractivity (Wildman–Crippen MR) is 90.1 cm³/mol. The number of benzene rings is 1. The van der Waals surface area contributed by atoms with Crippen LogP contribution in [0.25, 0.3) is 0 Å². The summed E-state index contributed by atoms with van der Waals surface area (Å²) in [5.41, 5.74) is 0.534. The Kier molecular flexibility index (Phi) is 4.59. The van der Waals surface area contributed by atoms with E-state index in [1.165, 1.54) is 6.07 Å². The predicted octanol–water partition coefficient (Wildman–Crippen LogP) is 2.83. The fourth-order valence-electron chi connectivity index (χ4n) is 2.59. The molecule has 1 aromatic heterocycles. The van der Waals surface area contributed by atoms with E-state index in [1.54, 1.807) is 35.3 Å². The molecule has 0 N–H and O–H groups in total. The molecule has 0 radical (unpaired) electrons. The van der Waals surface area contributed by atoms with Crippen LogP contribution in [0.5, 0.6) is 5.75 Å². The van der Waals surface area contributed by atoms with E-state index in [4.69, 9.17) is 9.31 Å². The van der Waals surface area contributed by atoms with Gasteiger partial charge in [-0.3, -0.25) is 4.68 Å². The van der Waals surface area contributed by atoms with Crippen LogP contribution in [0.3, 0.4) is 0 Å². The molecular formula is C17H21BF2N2O3. The summed E-state index contributed by atoms with van der Waals surface area (Å²) in [6.45, 7) is 5.37. The van der Waals surface area contributed by atoms with Crippen LogP contribution in [0.1, 0.15) is 33.3 Å². The molecule has 0 bridgehead atoms. The van der Waals surface area contributed by atoms with Gasteiger partial charge in [0.1, 0.15) is 5.75 Å². The van der Waals surface area contributed by atoms with E-state index in [0.717, 1.165) is 5.46 Å². The van der Waals surface area contributed by atoms with Crippen molar-refractivity contribution < 1.29 is 22.8 Å². The van der Waals surface area contributed by atoms with Gasteiger partial charge in [-0.05, 0) is 33.8 Å². The minimum Gasteiger partial charge on any atom is -0.434 e. The maximum atomic E-state index is 12.5. The molecule has 0 saturated carbocycles. The van der Waals surface area contributed by atoms with Crippen LogP contribution in [0.15, 0.2) is 36.7 Å². The lowest BCUT2D eigenvalue weighted by molar-refractivity contribution is -0.0505. The molecule has 8 heteroatoms. The summed E-state index contributed by atoms with van der Waals surface area (Å²) < 4.78 is 43.2. The van der Waals surface area contributed by atoms with Gasteiger partial charge >= 0.3 is 13.7 Å². The molecular weight excluding hydrogens is 329 g/mol. The highest BCUT2D eigenvalue weighted by atomic mass is 19.3. The third-order valence-corrected chi connectivity index (χ3v) is 4.70. The lowest BCUT2D eigenvalue weighted by Gasteiger charge is -2.32. The molecule has 1 saturated heterocycles. The van der Waals surface area contributed by atoms with E-state index in [2.05, 4.69) is 9.84 Å². The van der Waals surface area contributed by atoms with E-state index < -0.39 is 24.9 Å². The quantitative estimate of drug-likeness (QED) is 0.778. The lowest BCUT2D eigenvalue weighted by Crippen LogP contribution is -2.41. The summed E-state index contributed by atoms with van der Waals surface area (Å²) in [7, 11) is -0.508. The fourth-order valence-corrected chi connectivity index (χ4v) is 2.59. The number of hydrogen-bond acceptors (Lipinski definition) is 4. The van der Waals surface area contributed by atoms with Gasteiger partial charge in [0.2, 0.25) is 0 Å². The Hall–Kier alpha value is -1.93. The molecule has 0 atom stereocenters. The second-order valence-corrected chi connectivity index (χ2v) is 7.05. The third kappa shape index (κ3) is 3.69. The highest BCUT2D eigenvalue weighted by Gasteiger charge is 2.52. The first-order valence-electron chi connectivity index (χ1n) is 8.09. The molecule has 2 heterocycles. The van der Waals surface area contributed by atoms with Crippen molar-refractivity contribution in [3.8, 4) is 5.75 Å². The second-order valence-electron chi connectivity index (χ2n) is 7.05. The average molecular weight is 350 g/mol. The van der Waals surface area contributed by atoms with Gasteiger partial charge in [-0.25, -0.2) is 0 Å². The molecule has 0 amide bonds. The van der Waals surface area contributed by atoms with Crippen molar-refractivity contribution >= 4 is 12.6 Å². The molecule has 3 rings (SSSR count). The molecule has 1 aliphatic heterocycles. The maximum Gasteiger partial charge on any atom is 0.498 e. The topological polar surface area (TPSA) is 45.5 Å². The highest BCUT2D eigenvalue weighted by Crippen LogP contribution is 2.36. The zero-order chi connectivity index (χ0) is 18.2. The van der Waals surface area contributed by atoms with Crippen molar-refractivity contribution in [3.05, 3.63) is 42.2 Å². The molecule has 0 spiro atoms. The van der Waals surface area contributed by atoms with E-state index >= 15 is 0 Å². The SMILES string of the molecule is CC1(C)OB(c2cnn(Cc3ccccc3OC(F)F)c2)OC1(C)C. The zero-order valence-electron chi connectivity index (χ0n) is 14.7. The minimum absolute atomic E-state index is 0.144. The monoisotopic (exact) mass is 350 g/mol. The van der Waals surface area contributed by atoms with E-state index in [0.29, 0.717) is 12.1 Å². The summed E-state index contributed by atoms with van der Waals surface area (Å²) in [5.74, 6) is 0.144. The highest BCUT2D eigenvalue weighted by molar-refractivity contribution is 6.61. The Labute approximate surface area is 146 Å². The first-order chi connectivity index (χ1) is 11.7. The average Bonchev–Trinajstić information content (AvgIpc) is 3.03. The van der Waals surface area contributed by atoms with Crippen LogP contribution in [0, 0.1) is 0 Å². The zero-order valence-corrected chi connectivity index (χ0v) is 14.7. The van der Waals surface area contributed by atoms with Crippen molar-refractivity contribution in [3.63, 3.8) is 0 Å². The number of hydrogen-bond donors (Lipinski definition) is 0. The standard InChI is InChI=1S/C17H21BF2N2O3/c1-16(2)17(3,4)25-18(24-16)13-9-21-22(11-13)10-12-7-5-6-8-14(12)23-15(19)20/h5-9,11,15H,10H2,1-4H3. The van der Waals surface area contributed by atoms with Crippen LogP contribution in [-0.2, 0) is 15.9 Å². The molecule has 25 heavy (non-hydrogen) atoms. The molecule has 1 aliphatic rings. The summed E-state index contributed by atoms with van der Waals surface area (Å²) in [6, 6.07) is 6.67. The Bertz CT molecular complexity index is 733. The van der Waals surface area contributed by atoms with Gasteiger partial charge in [-0.15, -0.1) is 0 Å². The first-order valence-corrected chi connectivity index (χ1v) is 8.09. The smallest absolute Gasteiger partial charge is 0.434 e. The van der Waals surface area contributed by atoms with Gasteiger partial charge in [0.25, 0.3) is 0 Å². The first kappa shape index (κ1) is 17.9. The summed E-state index contributed by atoms with van der Waals surface area (Å²) in [6.07, 6.45) is 3.46. The molecule has 0 aliphatic carbocycles. The molecule has 1 fully saturated rings. The number of halogens is 2. The Morgan fingerprint density at radius 3 is 2.44 bits per heavy atom. The number of rotatable bonds is 5. The number of alkyl halides is 2.